The lowest BCUT2D eigenvalue weighted by Gasteiger charge is -2.51. The zero-order valence-corrected chi connectivity index (χ0v) is 23.7. The molecular weight excluding hydrogens is 590 g/mol. The van der Waals surface area contributed by atoms with Crippen LogP contribution in [-0.4, -0.2) is 46.0 Å². The van der Waals surface area contributed by atoms with Crippen molar-refractivity contribution < 1.29 is 31.9 Å². The highest BCUT2D eigenvalue weighted by atomic mass is 19.2. The number of aryl methyl sites for hydroxylation is 1. The van der Waals surface area contributed by atoms with Crippen molar-refractivity contribution in [1.82, 2.24) is 14.1 Å². The third kappa shape index (κ3) is 4.00. The lowest BCUT2D eigenvalue weighted by atomic mass is 9.91. The molecule has 0 bridgehead atoms. The van der Waals surface area contributed by atoms with Crippen molar-refractivity contribution in [2.75, 3.05) is 24.8 Å². The second-order valence-electron chi connectivity index (χ2n) is 10.9. The Morgan fingerprint density at radius 1 is 0.956 bits per heavy atom. The standard InChI is InChI=1S/C32H24F2N4O7/c1-17-24(45-32(41)44-17)15-43-30-23(39)10-12-37-29(30)31(40)36-13-14-42-16-25(36)38(37)28-18-5-2-3-6-21(18)35-11-4-7-22(35)26-19(28)8-9-20(33)27(26)34/h2-12,25,28H,13-16H2,1H3/t25-,28-/m1/s1. The summed E-state index contributed by atoms with van der Waals surface area (Å²) in [4.78, 5) is 40.6. The van der Waals surface area contributed by atoms with Crippen LogP contribution >= 0.6 is 0 Å². The van der Waals surface area contributed by atoms with Crippen molar-refractivity contribution in [3.63, 3.8) is 0 Å². The van der Waals surface area contributed by atoms with Crippen LogP contribution in [0.3, 0.4) is 0 Å². The maximum Gasteiger partial charge on any atom is 0.519 e. The van der Waals surface area contributed by atoms with E-state index in [0.717, 1.165) is 17.3 Å². The number of nitrogens with zero attached hydrogens (tertiary/aromatic N) is 4. The number of aromatic nitrogens is 2. The Kier molecular flexibility index (Phi) is 6.07. The van der Waals surface area contributed by atoms with Gasteiger partial charge in [-0.25, -0.2) is 13.6 Å². The van der Waals surface area contributed by atoms with Gasteiger partial charge in [-0.2, -0.15) is 0 Å². The van der Waals surface area contributed by atoms with Crippen molar-refractivity contribution in [2.45, 2.75) is 25.7 Å². The average Bonchev–Trinajstić information content (AvgIpc) is 3.62. The van der Waals surface area contributed by atoms with Crippen LogP contribution in [0.25, 0.3) is 16.9 Å². The molecule has 3 aliphatic rings. The summed E-state index contributed by atoms with van der Waals surface area (Å²) in [6, 6.07) is 14.1. The molecule has 13 heteroatoms. The van der Waals surface area contributed by atoms with Gasteiger partial charge in [0.25, 0.3) is 5.91 Å². The number of benzene rings is 2. The number of halogens is 2. The van der Waals surface area contributed by atoms with E-state index in [1.807, 2.05) is 33.8 Å². The zero-order valence-electron chi connectivity index (χ0n) is 23.7. The number of hydrogen-bond donors (Lipinski definition) is 0. The van der Waals surface area contributed by atoms with E-state index in [4.69, 9.17) is 18.3 Å². The maximum absolute atomic E-state index is 15.9. The molecule has 11 nitrogen and oxygen atoms in total. The van der Waals surface area contributed by atoms with E-state index in [1.165, 1.54) is 23.9 Å². The molecule has 6 heterocycles. The SMILES string of the molecule is Cc1oc(=O)oc1COc1c2n(ccc1=O)N([C@@H]1c3ccccc3-n3cccc3-c3c1ccc(F)c3F)[C@@H]1COCCN1C2=O. The van der Waals surface area contributed by atoms with Crippen molar-refractivity contribution in [3.05, 3.63) is 128 Å². The van der Waals surface area contributed by atoms with Crippen LogP contribution in [0.5, 0.6) is 5.75 Å². The average molecular weight is 615 g/mol. The summed E-state index contributed by atoms with van der Waals surface area (Å²) < 4.78 is 55.8. The molecule has 1 amide bonds. The number of pyridine rings is 1. The number of fused-ring (bicyclic) bond motifs is 7. The van der Waals surface area contributed by atoms with Gasteiger partial charge in [-0.3, -0.25) is 19.3 Å². The normalized spacial score (nSPS) is 18.4. The minimum atomic E-state index is -1.00. The van der Waals surface area contributed by atoms with Crippen molar-refractivity contribution in [3.8, 4) is 22.7 Å². The molecule has 8 rings (SSSR count). The van der Waals surface area contributed by atoms with Crippen LogP contribution in [0, 0.1) is 18.6 Å². The lowest BCUT2D eigenvalue weighted by molar-refractivity contribution is -0.0198. The summed E-state index contributed by atoms with van der Waals surface area (Å²) >= 11 is 0. The summed E-state index contributed by atoms with van der Waals surface area (Å²) in [5.41, 5.74) is 1.80. The summed E-state index contributed by atoms with van der Waals surface area (Å²) in [5, 5.41) is 1.84. The van der Waals surface area contributed by atoms with E-state index in [1.54, 1.807) is 29.3 Å². The topological polar surface area (TPSA) is 112 Å². The van der Waals surface area contributed by atoms with E-state index in [2.05, 4.69) is 0 Å². The summed E-state index contributed by atoms with van der Waals surface area (Å²) in [5.74, 6) is -3.42. The minimum Gasteiger partial charge on any atom is -0.479 e. The molecule has 0 radical (unpaired) electrons. The Balaban J connectivity index is 1.38. The van der Waals surface area contributed by atoms with Crippen molar-refractivity contribution in [1.29, 1.82) is 0 Å². The predicted molar refractivity (Wildman–Crippen MR) is 154 cm³/mol. The van der Waals surface area contributed by atoms with Gasteiger partial charge in [0.1, 0.15) is 18.8 Å². The van der Waals surface area contributed by atoms with Crippen LogP contribution in [0.4, 0.5) is 8.78 Å². The quantitative estimate of drug-likeness (QED) is 0.300. The van der Waals surface area contributed by atoms with Crippen LogP contribution in [0.1, 0.15) is 39.2 Å². The molecule has 1 fully saturated rings. The maximum atomic E-state index is 15.9. The minimum absolute atomic E-state index is 0.0670. The summed E-state index contributed by atoms with van der Waals surface area (Å²) in [6.07, 6.45) is 2.55. The summed E-state index contributed by atoms with van der Waals surface area (Å²) in [6.45, 7) is 1.74. The van der Waals surface area contributed by atoms with E-state index in [0.29, 0.717) is 11.3 Å². The number of amides is 1. The Bertz CT molecular complexity index is 2130. The number of morpholine rings is 1. The first-order chi connectivity index (χ1) is 21.8. The molecule has 0 N–H and O–H groups in total. The van der Waals surface area contributed by atoms with Crippen molar-refractivity contribution in [2.24, 2.45) is 0 Å². The number of carbonyl (C=O) groups excluding carboxylic acids is 1. The molecule has 3 aliphatic heterocycles. The summed E-state index contributed by atoms with van der Waals surface area (Å²) in [7, 11) is 0. The smallest absolute Gasteiger partial charge is 0.479 e. The number of para-hydroxylation sites is 1. The molecular formula is C32H24F2N4O7. The van der Waals surface area contributed by atoms with Crippen molar-refractivity contribution >= 4 is 5.91 Å². The Hall–Kier alpha value is -5.43. The molecule has 228 valence electrons. The predicted octanol–water partition coefficient (Wildman–Crippen LogP) is 3.87. The molecule has 0 unspecified atom stereocenters. The second-order valence-corrected chi connectivity index (χ2v) is 10.9. The van der Waals surface area contributed by atoms with Gasteiger partial charge in [-0.05, 0) is 36.8 Å². The van der Waals surface area contributed by atoms with Crippen LogP contribution in [0.15, 0.2) is 85.4 Å². The number of carbonyl (C=O) groups is 1. The van der Waals surface area contributed by atoms with Gasteiger partial charge < -0.3 is 27.8 Å². The largest absolute Gasteiger partial charge is 0.519 e. The van der Waals surface area contributed by atoms with Gasteiger partial charge in [-0.1, -0.05) is 24.3 Å². The van der Waals surface area contributed by atoms with Gasteiger partial charge in [-0.15, -0.1) is 0 Å². The number of hydrogen-bond acceptors (Lipinski definition) is 8. The monoisotopic (exact) mass is 614 g/mol. The van der Waals surface area contributed by atoms with Gasteiger partial charge in [0.15, 0.2) is 34.6 Å². The van der Waals surface area contributed by atoms with Gasteiger partial charge in [0, 0.05) is 36.1 Å². The molecule has 2 aromatic carbocycles. The molecule has 3 aromatic heterocycles. The van der Waals surface area contributed by atoms with Crippen LogP contribution in [-0.2, 0) is 11.3 Å². The first-order valence-electron chi connectivity index (χ1n) is 14.2. The highest BCUT2D eigenvalue weighted by molar-refractivity contribution is 5.97. The first-order valence-corrected chi connectivity index (χ1v) is 14.2. The highest BCUT2D eigenvalue weighted by Gasteiger charge is 2.47. The lowest BCUT2D eigenvalue weighted by Crippen LogP contribution is -2.66. The third-order valence-corrected chi connectivity index (χ3v) is 8.52. The first kappa shape index (κ1) is 27.1. The van der Waals surface area contributed by atoms with Crippen LogP contribution in [0.2, 0.25) is 0 Å². The fraction of sp³-hybridized carbons (Fsp3) is 0.219. The van der Waals surface area contributed by atoms with E-state index < -0.39 is 41.0 Å². The highest BCUT2D eigenvalue weighted by Crippen LogP contribution is 2.46. The molecule has 1 saturated heterocycles. The Morgan fingerprint density at radius 2 is 1.80 bits per heavy atom. The Labute approximate surface area is 253 Å². The molecule has 2 atom stereocenters. The second kappa shape index (κ2) is 10.1. The molecule has 0 saturated carbocycles. The molecule has 45 heavy (non-hydrogen) atoms. The van der Waals surface area contributed by atoms with E-state index in [9.17, 15) is 18.8 Å². The molecule has 5 aromatic rings. The number of ether oxygens (including phenoxy) is 2. The fourth-order valence-electron chi connectivity index (χ4n) is 6.54. The third-order valence-electron chi connectivity index (χ3n) is 8.52. The van der Waals surface area contributed by atoms with Gasteiger partial charge in [0.05, 0.1) is 24.6 Å². The zero-order chi connectivity index (χ0) is 31.0. The molecule has 0 aliphatic carbocycles. The number of rotatable bonds is 4. The Morgan fingerprint density at radius 3 is 2.62 bits per heavy atom. The molecule has 0 spiro atoms. The van der Waals surface area contributed by atoms with Crippen LogP contribution < -0.4 is 21.0 Å². The fourth-order valence-corrected chi connectivity index (χ4v) is 6.54. The van der Waals surface area contributed by atoms with E-state index in [-0.39, 0.29) is 54.9 Å². The van der Waals surface area contributed by atoms with E-state index >= 15 is 4.39 Å². The van der Waals surface area contributed by atoms with Gasteiger partial charge >= 0.3 is 5.82 Å². The van der Waals surface area contributed by atoms with Gasteiger partial charge in [0.2, 0.25) is 5.43 Å².